The van der Waals surface area contributed by atoms with E-state index < -0.39 is 17.6 Å². The Morgan fingerprint density at radius 3 is 2.90 bits per heavy atom. The summed E-state index contributed by atoms with van der Waals surface area (Å²) >= 11 is 0. The van der Waals surface area contributed by atoms with E-state index in [0.717, 1.165) is 25.8 Å². The van der Waals surface area contributed by atoms with Gasteiger partial charge in [-0.15, -0.1) is 6.42 Å². The molecular weight excluding hydrogens is 514 g/mol. The number of rotatable bonds is 6. The number of aromatic hydroxyl groups is 1. The highest BCUT2D eigenvalue weighted by Gasteiger charge is 2.48. The topological polar surface area (TPSA) is 91.5 Å². The summed E-state index contributed by atoms with van der Waals surface area (Å²) < 4.78 is 34.9. The maximum atomic E-state index is 14.7. The molecule has 40 heavy (non-hydrogen) atoms. The summed E-state index contributed by atoms with van der Waals surface area (Å²) in [5.74, 6) is 2.78. The summed E-state index contributed by atoms with van der Waals surface area (Å²) in [6, 6.07) is 5.65. The van der Waals surface area contributed by atoms with Crippen LogP contribution in [0, 0.1) is 25.1 Å². The maximum Gasteiger partial charge on any atom is 0.349 e. The number of alkyl halides is 1. The fraction of sp³-hybridized carbons (Fsp3) is 0.387. The molecule has 0 spiro atoms. The number of benzene rings is 2. The number of nitrogens with zero attached hydrogens (tertiary/aromatic N) is 3. The van der Waals surface area contributed by atoms with Gasteiger partial charge in [-0.25, -0.2) is 23.5 Å². The number of fused-ring (bicyclic) bond motifs is 3. The van der Waals surface area contributed by atoms with Crippen LogP contribution < -0.4 is 10.9 Å². The number of phenolic OH excluding ortho intramolecular Hbond substituents is 1. The van der Waals surface area contributed by atoms with E-state index in [1.54, 1.807) is 6.92 Å². The first kappa shape index (κ1) is 26.2. The van der Waals surface area contributed by atoms with Crippen molar-refractivity contribution in [2.45, 2.75) is 57.7 Å². The number of anilines is 1. The molecule has 9 heteroatoms. The molecule has 2 atom stereocenters. The van der Waals surface area contributed by atoms with Gasteiger partial charge in [0.25, 0.3) is 0 Å². The van der Waals surface area contributed by atoms with Gasteiger partial charge in [-0.2, -0.15) is 0 Å². The highest BCUT2D eigenvalue weighted by atomic mass is 19.1. The van der Waals surface area contributed by atoms with Gasteiger partial charge < -0.3 is 14.8 Å². The van der Waals surface area contributed by atoms with Gasteiger partial charge in [-0.1, -0.05) is 12.0 Å². The summed E-state index contributed by atoms with van der Waals surface area (Å²) in [5, 5.41) is 14.7. The lowest BCUT2D eigenvalue weighted by Crippen LogP contribution is -2.38. The molecule has 2 aliphatic rings. The zero-order valence-electron chi connectivity index (χ0n) is 22.5. The summed E-state index contributed by atoms with van der Waals surface area (Å²) in [6.45, 7) is 5.57. The van der Waals surface area contributed by atoms with Gasteiger partial charge >= 0.3 is 5.63 Å². The minimum Gasteiger partial charge on any atom is -0.508 e. The number of hydrogen-bond acceptors (Lipinski definition) is 7. The Bertz CT molecular complexity index is 1760. The first-order valence-corrected chi connectivity index (χ1v) is 13.6. The monoisotopic (exact) mass is 544 g/mol. The molecule has 0 radical (unpaired) electrons. The molecule has 7 nitrogen and oxygen atoms in total. The number of aryl methyl sites for hydroxylation is 2. The molecule has 2 N–H and O–H groups in total. The quantitative estimate of drug-likeness (QED) is 0.311. The third-order valence-electron chi connectivity index (χ3n) is 8.41. The Morgan fingerprint density at radius 1 is 1.30 bits per heavy atom. The van der Waals surface area contributed by atoms with Gasteiger partial charge in [0.1, 0.15) is 40.5 Å². The number of nitrogens with one attached hydrogen (secondary N) is 1. The van der Waals surface area contributed by atoms with E-state index in [4.69, 9.17) is 15.8 Å². The molecule has 2 aromatic heterocycles. The predicted octanol–water partition coefficient (Wildman–Crippen LogP) is 5.48. The fourth-order valence-corrected chi connectivity index (χ4v) is 6.66. The smallest absolute Gasteiger partial charge is 0.349 e. The average molecular weight is 545 g/mol. The molecule has 0 amide bonds. The number of phenols is 1. The van der Waals surface area contributed by atoms with Crippen LogP contribution >= 0.6 is 0 Å². The number of aromatic nitrogens is 2. The van der Waals surface area contributed by atoms with Gasteiger partial charge in [0, 0.05) is 41.6 Å². The van der Waals surface area contributed by atoms with E-state index in [-0.39, 0.29) is 28.0 Å². The van der Waals surface area contributed by atoms with E-state index in [0.29, 0.717) is 65.0 Å². The summed E-state index contributed by atoms with van der Waals surface area (Å²) in [5.41, 5.74) is 0.394. The molecule has 4 heterocycles. The molecule has 4 aromatic rings. The van der Waals surface area contributed by atoms with Crippen LogP contribution in [0.5, 0.6) is 5.75 Å². The second-order valence-electron chi connectivity index (χ2n) is 10.8. The lowest BCUT2D eigenvalue weighted by molar-refractivity contribution is 0.181. The van der Waals surface area contributed by atoms with Crippen molar-refractivity contribution in [2.75, 3.05) is 25.0 Å². The fourth-order valence-electron chi connectivity index (χ4n) is 6.66. The van der Waals surface area contributed by atoms with Crippen LogP contribution in [0.15, 0.2) is 33.5 Å². The third-order valence-corrected chi connectivity index (χ3v) is 8.41. The number of halogens is 2. The van der Waals surface area contributed by atoms with Crippen molar-refractivity contribution < 1.29 is 18.3 Å². The van der Waals surface area contributed by atoms with Gasteiger partial charge in [0.15, 0.2) is 0 Å². The number of terminal acetylenes is 1. The SMILES string of the molecule is C#Cc1c(F)ccc2cc(O)cc(-c3oc(=O)c4c(NCC)nc(CCC56CCCN5C[C@H](F)C6)nc4c3C)c12. The molecule has 2 aliphatic heterocycles. The van der Waals surface area contributed by atoms with Crippen molar-refractivity contribution in [3.63, 3.8) is 0 Å². The van der Waals surface area contributed by atoms with Crippen LogP contribution in [0.1, 0.15) is 49.6 Å². The average Bonchev–Trinajstić information content (AvgIpc) is 3.45. The van der Waals surface area contributed by atoms with Crippen LogP contribution in [0.4, 0.5) is 14.6 Å². The van der Waals surface area contributed by atoms with Crippen molar-refractivity contribution in [3.05, 3.63) is 57.5 Å². The number of hydrogen-bond donors (Lipinski definition) is 2. The van der Waals surface area contributed by atoms with Crippen LogP contribution in [0.3, 0.4) is 0 Å². The van der Waals surface area contributed by atoms with Gasteiger partial charge in [0.05, 0.1) is 11.1 Å². The van der Waals surface area contributed by atoms with Crippen molar-refractivity contribution in [1.82, 2.24) is 14.9 Å². The highest BCUT2D eigenvalue weighted by molar-refractivity contribution is 6.03. The summed E-state index contributed by atoms with van der Waals surface area (Å²) in [4.78, 5) is 25.2. The zero-order valence-corrected chi connectivity index (χ0v) is 22.5. The molecule has 2 saturated heterocycles. The van der Waals surface area contributed by atoms with Gasteiger partial charge in [-0.05, 0) is 69.7 Å². The largest absolute Gasteiger partial charge is 0.508 e. The molecular formula is C31H30F2N4O3. The standard InChI is InChI=1S/C31H30F2N4O3/c1-4-21-23(33)8-7-18-13-20(38)14-22(25(18)21)28-17(3)27-26(30(39)40-28)29(34-5-2)36-24(35-27)9-11-31-10-6-12-37(31)16-19(32)15-31/h1,7-8,13-14,19,38H,5-6,9-12,15-16H2,2-3H3,(H,34,35,36)/t19-,31?/m1/s1. The van der Waals surface area contributed by atoms with E-state index in [1.165, 1.54) is 24.3 Å². The van der Waals surface area contributed by atoms with Crippen molar-refractivity contribution in [1.29, 1.82) is 0 Å². The second kappa shape index (κ2) is 9.86. The Labute approximate surface area is 230 Å². The lowest BCUT2D eigenvalue weighted by Gasteiger charge is -2.31. The molecule has 0 aliphatic carbocycles. The van der Waals surface area contributed by atoms with Crippen LogP contribution in [-0.2, 0) is 6.42 Å². The van der Waals surface area contributed by atoms with Gasteiger partial charge in [0.2, 0.25) is 0 Å². The van der Waals surface area contributed by atoms with Crippen molar-refractivity contribution in [2.24, 2.45) is 0 Å². The molecule has 2 fully saturated rings. The molecule has 0 saturated carbocycles. The zero-order chi connectivity index (χ0) is 28.2. The van der Waals surface area contributed by atoms with E-state index in [1.807, 2.05) is 6.92 Å². The second-order valence-corrected chi connectivity index (χ2v) is 10.8. The first-order valence-electron chi connectivity index (χ1n) is 13.6. The van der Waals surface area contributed by atoms with E-state index in [9.17, 15) is 18.7 Å². The maximum absolute atomic E-state index is 14.7. The van der Waals surface area contributed by atoms with Crippen LogP contribution in [0.25, 0.3) is 33.0 Å². The first-order chi connectivity index (χ1) is 19.2. The van der Waals surface area contributed by atoms with Gasteiger partial charge in [-0.3, -0.25) is 4.90 Å². The summed E-state index contributed by atoms with van der Waals surface area (Å²) in [6.07, 6.45) is 8.61. The molecule has 206 valence electrons. The van der Waals surface area contributed by atoms with Crippen molar-refractivity contribution in [3.8, 4) is 29.4 Å². The molecule has 2 aromatic carbocycles. The summed E-state index contributed by atoms with van der Waals surface area (Å²) in [7, 11) is 0. The van der Waals surface area contributed by atoms with E-state index in [2.05, 4.69) is 21.1 Å². The Hall–Kier alpha value is -4.03. The Morgan fingerprint density at radius 2 is 2.12 bits per heavy atom. The van der Waals surface area contributed by atoms with E-state index >= 15 is 0 Å². The molecule has 6 rings (SSSR count). The normalized spacial score (nSPS) is 20.7. The predicted molar refractivity (Wildman–Crippen MR) is 151 cm³/mol. The molecule has 0 bridgehead atoms. The Balaban J connectivity index is 1.52. The minimum atomic E-state index is -0.820. The van der Waals surface area contributed by atoms with Crippen LogP contribution in [0.2, 0.25) is 0 Å². The molecule has 1 unspecified atom stereocenters. The minimum absolute atomic E-state index is 0.00876. The van der Waals surface area contributed by atoms with Crippen molar-refractivity contribution >= 4 is 27.5 Å². The lowest BCUT2D eigenvalue weighted by atomic mass is 9.88. The highest BCUT2D eigenvalue weighted by Crippen LogP contribution is 2.43. The Kier molecular flexibility index (Phi) is 6.46. The third kappa shape index (κ3) is 4.18. The van der Waals surface area contributed by atoms with Crippen LogP contribution in [-0.4, -0.2) is 51.3 Å².